The molecule has 1 N–H and O–H groups in total. The molecule has 188 valence electrons. The van der Waals surface area contributed by atoms with Gasteiger partial charge in [-0.05, 0) is 12.1 Å². The second kappa shape index (κ2) is 12.6. The number of carbonyl (C=O) groups is 1. The first-order valence-electron chi connectivity index (χ1n) is 11.6. The summed E-state index contributed by atoms with van der Waals surface area (Å²) in [4.78, 5) is 13.2. The van der Waals surface area contributed by atoms with Crippen LogP contribution in [-0.4, -0.2) is 27.2 Å². The Labute approximate surface area is 218 Å². The highest BCUT2D eigenvalue weighted by Gasteiger charge is 2.20. The highest BCUT2D eigenvalue weighted by molar-refractivity contribution is 7.68. The number of hydrogen-bond donors (Lipinski definition) is 1. The molecule has 4 aromatic rings. The predicted octanol–water partition coefficient (Wildman–Crippen LogP) is 5.51. The van der Waals surface area contributed by atoms with Crippen LogP contribution in [0.1, 0.15) is 15.9 Å². The van der Waals surface area contributed by atoms with Crippen LogP contribution >= 0.6 is 8.15 Å². The summed E-state index contributed by atoms with van der Waals surface area (Å²) in [7, 11) is 3.34. The average Bonchev–Trinajstić information content (AvgIpc) is 2.97. The molecule has 6 nitrogen and oxygen atoms in total. The molecule has 0 fully saturated rings. The molecule has 4 aromatic carbocycles. The summed E-state index contributed by atoms with van der Waals surface area (Å²) >= 11 is 0. The van der Waals surface area contributed by atoms with Gasteiger partial charge in [0, 0.05) is 27.9 Å². The lowest BCUT2D eigenvalue weighted by atomic mass is 10.1. The first-order chi connectivity index (χ1) is 18.1. The molecule has 1 amide bonds. The summed E-state index contributed by atoms with van der Waals surface area (Å²) in [5, 5.41) is 4.99. The van der Waals surface area contributed by atoms with Gasteiger partial charge < -0.3 is 24.1 Å². The summed E-state index contributed by atoms with van der Waals surface area (Å²) in [6.45, 7) is 0. The summed E-state index contributed by atoms with van der Waals surface area (Å²) in [6, 6.07) is 33.0. The fraction of sp³-hybridized carbons (Fsp3) is 0.100. The van der Waals surface area contributed by atoms with Crippen LogP contribution in [0.4, 0.5) is 0 Å². The molecule has 0 bridgehead atoms. The van der Waals surface area contributed by atoms with E-state index in [0.717, 1.165) is 16.2 Å². The van der Waals surface area contributed by atoms with Crippen molar-refractivity contribution in [3.8, 4) is 17.2 Å². The lowest BCUT2D eigenvalue weighted by Gasteiger charge is -2.21. The zero-order valence-corrected chi connectivity index (χ0v) is 21.8. The molecule has 4 rings (SSSR count). The average molecular weight is 514 g/mol. The number of carbonyl (C=O) groups excluding carboxylic acids is 1. The first-order valence-corrected chi connectivity index (χ1v) is 12.8. The number of rotatable bonds is 10. The monoisotopic (exact) mass is 513 g/mol. The van der Waals surface area contributed by atoms with Crippen molar-refractivity contribution in [3.63, 3.8) is 0 Å². The van der Waals surface area contributed by atoms with Crippen molar-refractivity contribution in [2.45, 2.75) is 0 Å². The molecule has 0 spiro atoms. The molecule has 0 heterocycles. The maximum atomic E-state index is 13.2. The van der Waals surface area contributed by atoms with Gasteiger partial charge in [-0.2, -0.15) is 0 Å². The summed E-state index contributed by atoms with van der Waals surface area (Å²) in [5.74, 6) is 1.40. The standard InChI is InChI=1S/C30H28NO5P/c1-33-26-19-23(20-27(34-2)29(26)35-3)30(32)31-21-28(22-13-7-4-8-14-22)36-37(24-15-9-5-10-16-24)25-17-11-6-12-18-25/h4-21H,1-3H3,(H,31,32). The van der Waals surface area contributed by atoms with Gasteiger partial charge in [0.05, 0.1) is 21.3 Å². The number of ether oxygens (including phenoxy) is 3. The Kier molecular flexibility index (Phi) is 8.79. The van der Waals surface area contributed by atoms with E-state index in [2.05, 4.69) is 29.6 Å². The Hall–Kier alpha value is -4.28. The van der Waals surface area contributed by atoms with E-state index in [9.17, 15) is 4.79 Å². The highest BCUT2D eigenvalue weighted by Crippen LogP contribution is 2.41. The zero-order valence-electron chi connectivity index (χ0n) is 20.9. The van der Waals surface area contributed by atoms with Crippen LogP contribution in [-0.2, 0) is 4.52 Å². The molecule has 0 atom stereocenters. The Morgan fingerprint density at radius 2 is 1.16 bits per heavy atom. The summed E-state index contributed by atoms with van der Waals surface area (Å²) in [6.07, 6.45) is 1.60. The molecule has 7 heteroatoms. The topological polar surface area (TPSA) is 66.0 Å². The quantitative estimate of drug-likeness (QED) is 0.224. The van der Waals surface area contributed by atoms with Crippen LogP contribution < -0.4 is 30.1 Å². The summed E-state index contributed by atoms with van der Waals surface area (Å²) in [5.41, 5.74) is 1.19. The minimum absolute atomic E-state index is 0.347. The van der Waals surface area contributed by atoms with E-state index in [4.69, 9.17) is 18.7 Å². The molecule has 0 aliphatic rings. The second-order valence-corrected chi connectivity index (χ2v) is 9.62. The molecule has 0 radical (unpaired) electrons. The number of hydrogen-bond acceptors (Lipinski definition) is 5. The van der Waals surface area contributed by atoms with Gasteiger partial charge in [0.2, 0.25) is 5.75 Å². The molecular formula is C30H28NO5P. The Balaban J connectivity index is 1.69. The molecular weight excluding hydrogens is 485 g/mol. The van der Waals surface area contributed by atoms with Gasteiger partial charge in [-0.15, -0.1) is 0 Å². The van der Waals surface area contributed by atoms with Crippen molar-refractivity contribution in [1.29, 1.82) is 0 Å². The van der Waals surface area contributed by atoms with Gasteiger partial charge in [0.1, 0.15) is 5.76 Å². The van der Waals surface area contributed by atoms with E-state index in [1.807, 2.05) is 66.7 Å². The Morgan fingerprint density at radius 3 is 1.62 bits per heavy atom. The van der Waals surface area contributed by atoms with Crippen molar-refractivity contribution < 1.29 is 23.5 Å². The largest absolute Gasteiger partial charge is 0.493 e. The van der Waals surface area contributed by atoms with Crippen molar-refractivity contribution >= 4 is 30.4 Å². The van der Waals surface area contributed by atoms with Crippen LogP contribution in [0.3, 0.4) is 0 Å². The molecule has 0 saturated heterocycles. The second-order valence-electron chi connectivity index (χ2n) is 7.82. The molecule has 0 saturated carbocycles. The van der Waals surface area contributed by atoms with E-state index in [0.29, 0.717) is 28.6 Å². The number of nitrogens with one attached hydrogen (secondary N) is 1. The third kappa shape index (κ3) is 6.29. The zero-order chi connectivity index (χ0) is 26.0. The van der Waals surface area contributed by atoms with Crippen LogP contribution in [0.5, 0.6) is 17.2 Å². The fourth-order valence-electron chi connectivity index (χ4n) is 3.67. The Bertz CT molecular complexity index is 1280. The molecule has 0 unspecified atom stereocenters. The lowest BCUT2D eigenvalue weighted by molar-refractivity contribution is 0.0969. The Morgan fingerprint density at radius 1 is 0.676 bits per heavy atom. The third-order valence-corrected chi connectivity index (χ3v) is 7.40. The molecule has 0 aliphatic heterocycles. The van der Waals surface area contributed by atoms with E-state index >= 15 is 0 Å². The number of benzene rings is 4. The van der Waals surface area contributed by atoms with E-state index in [1.165, 1.54) is 21.3 Å². The smallest absolute Gasteiger partial charge is 0.255 e. The number of amides is 1. The van der Waals surface area contributed by atoms with Crippen LogP contribution in [0.25, 0.3) is 5.76 Å². The lowest BCUT2D eigenvalue weighted by Crippen LogP contribution is -2.19. The van der Waals surface area contributed by atoms with E-state index in [-0.39, 0.29) is 5.91 Å². The highest BCUT2D eigenvalue weighted by atomic mass is 31.1. The predicted molar refractivity (Wildman–Crippen MR) is 148 cm³/mol. The van der Waals surface area contributed by atoms with Crippen molar-refractivity contribution in [3.05, 3.63) is 120 Å². The van der Waals surface area contributed by atoms with Gasteiger partial charge in [-0.1, -0.05) is 91.0 Å². The third-order valence-electron chi connectivity index (χ3n) is 5.49. The SMILES string of the molecule is COc1cc(C(=O)NC=C(OP(c2ccccc2)c2ccccc2)c2ccccc2)cc(OC)c1OC. The van der Waals surface area contributed by atoms with Gasteiger partial charge in [-0.25, -0.2) is 0 Å². The van der Waals surface area contributed by atoms with Crippen LogP contribution in [0, 0.1) is 0 Å². The van der Waals surface area contributed by atoms with Crippen molar-refractivity contribution in [2.75, 3.05) is 21.3 Å². The minimum Gasteiger partial charge on any atom is -0.493 e. The van der Waals surface area contributed by atoms with Crippen LogP contribution in [0.2, 0.25) is 0 Å². The number of methoxy groups -OCH3 is 3. The molecule has 0 aromatic heterocycles. The molecule has 0 aliphatic carbocycles. The maximum Gasteiger partial charge on any atom is 0.255 e. The maximum absolute atomic E-state index is 13.2. The fourth-order valence-corrected chi connectivity index (χ4v) is 5.42. The van der Waals surface area contributed by atoms with Crippen molar-refractivity contribution in [2.24, 2.45) is 0 Å². The minimum atomic E-state index is -1.20. The van der Waals surface area contributed by atoms with Gasteiger partial charge in [0.15, 0.2) is 19.6 Å². The van der Waals surface area contributed by atoms with Gasteiger partial charge >= 0.3 is 0 Å². The van der Waals surface area contributed by atoms with Crippen molar-refractivity contribution in [1.82, 2.24) is 5.32 Å². The van der Waals surface area contributed by atoms with Gasteiger partial charge in [-0.3, -0.25) is 4.79 Å². The van der Waals surface area contributed by atoms with E-state index < -0.39 is 8.15 Å². The molecule has 37 heavy (non-hydrogen) atoms. The van der Waals surface area contributed by atoms with Crippen LogP contribution in [0.15, 0.2) is 109 Å². The van der Waals surface area contributed by atoms with E-state index in [1.54, 1.807) is 18.3 Å². The summed E-state index contributed by atoms with van der Waals surface area (Å²) < 4.78 is 22.8. The van der Waals surface area contributed by atoms with Gasteiger partial charge in [0.25, 0.3) is 5.91 Å². The first kappa shape index (κ1) is 25.8. The normalized spacial score (nSPS) is 11.1.